The molecular formula is C13H16FNO2. The van der Waals surface area contributed by atoms with Crippen LogP contribution in [0.15, 0.2) is 18.2 Å². The van der Waals surface area contributed by atoms with E-state index in [-0.39, 0.29) is 5.56 Å². The zero-order valence-electron chi connectivity index (χ0n) is 9.82. The first-order valence-corrected chi connectivity index (χ1v) is 5.85. The van der Waals surface area contributed by atoms with E-state index in [2.05, 4.69) is 6.92 Å². The minimum absolute atomic E-state index is 0.00312. The van der Waals surface area contributed by atoms with Crippen molar-refractivity contribution in [3.05, 3.63) is 29.6 Å². The van der Waals surface area contributed by atoms with Crippen LogP contribution in [0.25, 0.3) is 0 Å². The molecule has 17 heavy (non-hydrogen) atoms. The normalized spacial score (nSPS) is 17.2. The largest absolute Gasteiger partial charge is 0.478 e. The number of rotatable bonds is 2. The van der Waals surface area contributed by atoms with Crippen LogP contribution < -0.4 is 4.90 Å². The highest BCUT2D eigenvalue weighted by Crippen LogP contribution is 2.26. The maximum atomic E-state index is 13.8. The van der Waals surface area contributed by atoms with Crippen molar-refractivity contribution in [2.24, 2.45) is 5.92 Å². The lowest BCUT2D eigenvalue weighted by atomic mass is 9.98. The molecule has 1 heterocycles. The van der Waals surface area contributed by atoms with Gasteiger partial charge in [0.05, 0.1) is 11.3 Å². The zero-order chi connectivity index (χ0) is 12.4. The van der Waals surface area contributed by atoms with E-state index in [1.54, 1.807) is 6.07 Å². The number of anilines is 1. The van der Waals surface area contributed by atoms with Crippen molar-refractivity contribution < 1.29 is 14.3 Å². The Bertz CT molecular complexity index is 425. The number of carboxylic acid groups (broad SMARTS) is 1. The van der Waals surface area contributed by atoms with Gasteiger partial charge in [0.1, 0.15) is 5.82 Å². The molecule has 0 saturated carbocycles. The second-order valence-electron chi connectivity index (χ2n) is 4.64. The summed E-state index contributed by atoms with van der Waals surface area (Å²) in [5, 5.41) is 8.76. The molecule has 4 heteroatoms. The van der Waals surface area contributed by atoms with E-state index >= 15 is 0 Å². The molecule has 1 aliphatic heterocycles. The molecule has 0 atom stereocenters. The lowest BCUT2D eigenvalue weighted by Crippen LogP contribution is -2.33. The van der Waals surface area contributed by atoms with Crippen LogP contribution in [0.1, 0.15) is 30.1 Å². The molecule has 1 saturated heterocycles. The predicted octanol–water partition coefficient (Wildman–Crippen LogP) is 2.76. The van der Waals surface area contributed by atoms with Crippen LogP contribution in [0.3, 0.4) is 0 Å². The Morgan fingerprint density at radius 3 is 2.59 bits per heavy atom. The summed E-state index contributed by atoms with van der Waals surface area (Å²) < 4.78 is 13.8. The maximum Gasteiger partial charge on any atom is 0.335 e. The van der Waals surface area contributed by atoms with Gasteiger partial charge in [0, 0.05) is 13.1 Å². The van der Waals surface area contributed by atoms with E-state index in [4.69, 9.17) is 5.11 Å². The Morgan fingerprint density at radius 2 is 2.06 bits per heavy atom. The lowest BCUT2D eigenvalue weighted by Gasteiger charge is -2.32. The summed E-state index contributed by atoms with van der Waals surface area (Å²) in [5.74, 6) is -0.852. The van der Waals surface area contributed by atoms with Crippen molar-refractivity contribution in [3.63, 3.8) is 0 Å². The number of aromatic carboxylic acids is 1. The van der Waals surface area contributed by atoms with Gasteiger partial charge in [-0.1, -0.05) is 6.92 Å². The van der Waals surface area contributed by atoms with Crippen molar-refractivity contribution >= 4 is 11.7 Å². The van der Waals surface area contributed by atoms with Gasteiger partial charge in [-0.15, -0.1) is 0 Å². The summed E-state index contributed by atoms with van der Waals surface area (Å²) in [5.41, 5.74) is 0.513. The maximum absolute atomic E-state index is 13.8. The molecule has 1 fully saturated rings. The molecule has 1 aromatic carbocycles. The molecular weight excluding hydrogens is 221 g/mol. The van der Waals surface area contributed by atoms with Crippen LogP contribution in [0.4, 0.5) is 10.1 Å². The number of carboxylic acids is 1. The van der Waals surface area contributed by atoms with Crippen LogP contribution in [-0.4, -0.2) is 24.2 Å². The summed E-state index contributed by atoms with van der Waals surface area (Å²) in [4.78, 5) is 12.7. The van der Waals surface area contributed by atoms with Crippen LogP contribution in [0.2, 0.25) is 0 Å². The minimum Gasteiger partial charge on any atom is -0.478 e. The average molecular weight is 237 g/mol. The Morgan fingerprint density at radius 1 is 1.41 bits per heavy atom. The molecule has 2 rings (SSSR count). The molecule has 1 N–H and O–H groups in total. The zero-order valence-corrected chi connectivity index (χ0v) is 9.82. The summed E-state index contributed by atoms with van der Waals surface area (Å²) >= 11 is 0. The van der Waals surface area contributed by atoms with E-state index in [9.17, 15) is 9.18 Å². The van der Waals surface area contributed by atoms with Crippen molar-refractivity contribution in [2.75, 3.05) is 18.0 Å². The van der Waals surface area contributed by atoms with E-state index in [0.717, 1.165) is 32.0 Å². The molecule has 0 unspecified atom stereocenters. The van der Waals surface area contributed by atoms with Gasteiger partial charge in [-0.2, -0.15) is 0 Å². The third-order valence-electron chi connectivity index (χ3n) is 3.32. The number of hydrogen-bond donors (Lipinski definition) is 1. The standard InChI is InChI=1S/C13H16FNO2/c1-9-4-6-15(7-5-9)12-3-2-10(13(16)17)8-11(12)14/h2-3,8-9H,4-7H2,1H3,(H,16,17). The first-order valence-electron chi connectivity index (χ1n) is 5.85. The SMILES string of the molecule is CC1CCN(c2ccc(C(=O)O)cc2F)CC1. The van der Waals surface area contributed by atoms with Crippen LogP contribution in [0, 0.1) is 11.7 Å². The molecule has 0 radical (unpaired) electrons. The summed E-state index contributed by atoms with van der Waals surface area (Å²) in [6.45, 7) is 3.87. The number of nitrogens with zero attached hydrogens (tertiary/aromatic N) is 1. The Balaban J connectivity index is 2.19. The summed E-state index contributed by atoms with van der Waals surface area (Å²) in [6, 6.07) is 4.11. The molecule has 1 aliphatic rings. The number of carbonyl (C=O) groups is 1. The molecule has 0 spiro atoms. The monoisotopic (exact) mass is 237 g/mol. The molecule has 0 bridgehead atoms. The van der Waals surface area contributed by atoms with E-state index in [1.165, 1.54) is 6.07 Å². The molecule has 3 nitrogen and oxygen atoms in total. The molecule has 0 aliphatic carbocycles. The summed E-state index contributed by atoms with van der Waals surface area (Å²) in [7, 11) is 0. The first-order chi connectivity index (χ1) is 8.08. The average Bonchev–Trinajstić information content (AvgIpc) is 2.30. The third kappa shape index (κ3) is 2.57. The predicted molar refractivity (Wildman–Crippen MR) is 64.0 cm³/mol. The number of benzene rings is 1. The van der Waals surface area contributed by atoms with E-state index < -0.39 is 11.8 Å². The number of hydrogen-bond acceptors (Lipinski definition) is 2. The van der Waals surface area contributed by atoms with Crippen molar-refractivity contribution in [3.8, 4) is 0 Å². The van der Waals surface area contributed by atoms with E-state index in [0.29, 0.717) is 11.6 Å². The smallest absolute Gasteiger partial charge is 0.335 e. The van der Waals surface area contributed by atoms with Crippen molar-refractivity contribution in [2.45, 2.75) is 19.8 Å². The second-order valence-corrected chi connectivity index (χ2v) is 4.64. The van der Waals surface area contributed by atoms with Gasteiger partial charge in [0.25, 0.3) is 0 Å². The molecule has 0 amide bonds. The van der Waals surface area contributed by atoms with Crippen molar-refractivity contribution in [1.29, 1.82) is 0 Å². The van der Waals surface area contributed by atoms with Crippen LogP contribution >= 0.6 is 0 Å². The van der Waals surface area contributed by atoms with Crippen molar-refractivity contribution in [1.82, 2.24) is 0 Å². The fraction of sp³-hybridized carbons (Fsp3) is 0.462. The van der Waals surface area contributed by atoms with Crippen LogP contribution in [0.5, 0.6) is 0 Å². The fourth-order valence-corrected chi connectivity index (χ4v) is 2.15. The lowest BCUT2D eigenvalue weighted by molar-refractivity contribution is 0.0696. The minimum atomic E-state index is -1.09. The second kappa shape index (κ2) is 4.73. The van der Waals surface area contributed by atoms with Crippen LogP contribution in [-0.2, 0) is 0 Å². The highest BCUT2D eigenvalue weighted by molar-refractivity contribution is 5.88. The first kappa shape index (κ1) is 11.9. The van der Waals surface area contributed by atoms with Gasteiger partial charge in [0.15, 0.2) is 0 Å². The van der Waals surface area contributed by atoms with Gasteiger partial charge >= 0.3 is 5.97 Å². The highest BCUT2D eigenvalue weighted by atomic mass is 19.1. The molecule has 92 valence electrons. The quantitative estimate of drug-likeness (QED) is 0.859. The number of halogens is 1. The Hall–Kier alpha value is -1.58. The van der Waals surface area contributed by atoms with Gasteiger partial charge in [-0.05, 0) is 37.0 Å². The highest BCUT2D eigenvalue weighted by Gasteiger charge is 2.19. The third-order valence-corrected chi connectivity index (χ3v) is 3.32. The topological polar surface area (TPSA) is 40.5 Å². The van der Waals surface area contributed by atoms with E-state index in [1.807, 2.05) is 4.90 Å². The summed E-state index contributed by atoms with van der Waals surface area (Å²) in [6.07, 6.45) is 2.11. The molecule has 0 aromatic heterocycles. The number of piperidine rings is 1. The van der Waals surface area contributed by atoms with Gasteiger partial charge < -0.3 is 10.0 Å². The van der Waals surface area contributed by atoms with Gasteiger partial charge in [-0.3, -0.25) is 0 Å². The Kier molecular flexibility index (Phi) is 3.31. The molecule has 1 aromatic rings. The Labute approximate surface area is 99.9 Å². The van der Waals surface area contributed by atoms with Gasteiger partial charge in [0.2, 0.25) is 0 Å². The van der Waals surface area contributed by atoms with Gasteiger partial charge in [-0.25, -0.2) is 9.18 Å². The fourth-order valence-electron chi connectivity index (χ4n) is 2.15.